The molecule has 1 N–H and O–H groups in total. The van der Waals surface area contributed by atoms with Gasteiger partial charge in [-0.05, 0) is 62.2 Å². The van der Waals surface area contributed by atoms with Crippen LogP contribution in [0.4, 0.5) is 5.69 Å². The van der Waals surface area contributed by atoms with Crippen LogP contribution in [0.5, 0.6) is 0 Å². The van der Waals surface area contributed by atoms with Gasteiger partial charge < -0.3 is 9.47 Å². The molecule has 1 heterocycles. The minimum atomic E-state index is -0.256. The number of carbonyl (C=O) groups is 1. The fraction of sp³-hybridized carbons (Fsp3) is 0.222. The lowest BCUT2D eigenvalue weighted by Crippen LogP contribution is -2.21. The van der Waals surface area contributed by atoms with Crippen LogP contribution in [0.25, 0.3) is 11.0 Å². The quantitative estimate of drug-likeness (QED) is 0.305. The third-order valence-corrected chi connectivity index (χ3v) is 5.75. The molecule has 0 spiro atoms. The van der Waals surface area contributed by atoms with Crippen molar-refractivity contribution in [1.29, 1.82) is 0 Å². The van der Waals surface area contributed by atoms with Crippen LogP contribution in [0.3, 0.4) is 0 Å². The Bertz CT molecular complexity index is 1260. The molecule has 0 aliphatic heterocycles. The van der Waals surface area contributed by atoms with Gasteiger partial charge in [0.05, 0.1) is 17.2 Å². The van der Waals surface area contributed by atoms with Gasteiger partial charge in [0.1, 0.15) is 5.82 Å². The normalized spacial score (nSPS) is 11.2. The first-order chi connectivity index (χ1) is 16.1. The second-order valence-corrected chi connectivity index (χ2v) is 7.90. The Morgan fingerprint density at radius 3 is 2.52 bits per heavy atom. The zero-order valence-corrected chi connectivity index (χ0v) is 19.3. The van der Waals surface area contributed by atoms with Gasteiger partial charge in [-0.2, -0.15) is 5.10 Å². The summed E-state index contributed by atoms with van der Waals surface area (Å²) in [6.07, 6.45) is 1.66. The molecule has 0 fully saturated rings. The summed E-state index contributed by atoms with van der Waals surface area (Å²) in [5, 5.41) is 4.14. The number of hydrazone groups is 1. The molecule has 33 heavy (non-hydrogen) atoms. The van der Waals surface area contributed by atoms with Crippen LogP contribution in [-0.2, 0) is 13.1 Å². The Labute approximate surface area is 194 Å². The summed E-state index contributed by atoms with van der Waals surface area (Å²) in [5.74, 6) is 0.686. The monoisotopic (exact) mass is 439 g/mol. The van der Waals surface area contributed by atoms with Gasteiger partial charge in [0.25, 0.3) is 5.91 Å². The van der Waals surface area contributed by atoms with E-state index < -0.39 is 0 Å². The molecule has 3 aromatic carbocycles. The number of rotatable bonds is 8. The number of carbonyl (C=O) groups excluding carboxylic acids is 1. The predicted octanol–water partition coefficient (Wildman–Crippen LogP) is 5.16. The second kappa shape index (κ2) is 10.1. The first-order valence-electron chi connectivity index (χ1n) is 11.3. The number of fused-ring (bicyclic) bond motifs is 1. The molecule has 0 saturated carbocycles. The van der Waals surface area contributed by atoms with Crippen molar-refractivity contribution in [2.24, 2.45) is 5.10 Å². The van der Waals surface area contributed by atoms with E-state index in [0.29, 0.717) is 5.56 Å². The number of hydrogen-bond acceptors (Lipinski definition) is 4. The highest BCUT2D eigenvalue weighted by Gasteiger charge is 2.10. The molecule has 0 unspecified atom stereocenters. The van der Waals surface area contributed by atoms with Crippen molar-refractivity contribution < 1.29 is 4.79 Å². The maximum absolute atomic E-state index is 12.5. The van der Waals surface area contributed by atoms with Gasteiger partial charge in [-0.1, -0.05) is 42.5 Å². The number of hydrogen-bond donors (Lipinski definition) is 1. The molecule has 1 aromatic heterocycles. The van der Waals surface area contributed by atoms with Crippen LogP contribution in [0.1, 0.15) is 41.2 Å². The summed E-state index contributed by atoms with van der Waals surface area (Å²) in [5.41, 5.74) is 8.35. The van der Waals surface area contributed by atoms with Crippen LogP contribution in [0.15, 0.2) is 77.9 Å². The predicted molar refractivity (Wildman–Crippen MR) is 135 cm³/mol. The minimum absolute atomic E-state index is 0.256. The second-order valence-electron chi connectivity index (χ2n) is 7.90. The van der Waals surface area contributed by atoms with E-state index in [0.717, 1.165) is 47.7 Å². The molecule has 1 amide bonds. The first-order valence-corrected chi connectivity index (χ1v) is 11.3. The zero-order valence-electron chi connectivity index (χ0n) is 19.3. The van der Waals surface area contributed by atoms with E-state index >= 15 is 0 Å². The Balaban J connectivity index is 1.39. The SMILES string of the molecule is CCN(Cc1ccccc1)c1ccc(C=NNC(=O)c2ccc3c(c2)nc(C)n3CC)cc1. The van der Waals surface area contributed by atoms with Gasteiger partial charge in [-0.15, -0.1) is 0 Å². The number of aromatic nitrogens is 2. The van der Waals surface area contributed by atoms with Crippen molar-refractivity contribution >= 4 is 28.8 Å². The lowest BCUT2D eigenvalue weighted by Gasteiger charge is -2.23. The number of anilines is 1. The fourth-order valence-electron chi connectivity index (χ4n) is 3.98. The van der Waals surface area contributed by atoms with Crippen molar-refractivity contribution in [2.75, 3.05) is 11.4 Å². The molecule has 6 nitrogen and oxygen atoms in total. The fourth-order valence-corrected chi connectivity index (χ4v) is 3.98. The highest BCUT2D eigenvalue weighted by atomic mass is 16.2. The van der Waals surface area contributed by atoms with E-state index in [1.165, 1.54) is 5.56 Å². The lowest BCUT2D eigenvalue weighted by atomic mass is 10.1. The molecular weight excluding hydrogens is 410 g/mol. The maximum atomic E-state index is 12.5. The lowest BCUT2D eigenvalue weighted by molar-refractivity contribution is 0.0955. The van der Waals surface area contributed by atoms with E-state index in [-0.39, 0.29) is 5.91 Å². The van der Waals surface area contributed by atoms with Gasteiger partial charge in [0, 0.05) is 30.9 Å². The van der Waals surface area contributed by atoms with Crippen LogP contribution in [0.2, 0.25) is 0 Å². The van der Waals surface area contributed by atoms with Gasteiger partial charge in [-0.25, -0.2) is 10.4 Å². The zero-order chi connectivity index (χ0) is 23.2. The first kappa shape index (κ1) is 22.3. The maximum Gasteiger partial charge on any atom is 0.271 e. The van der Waals surface area contributed by atoms with Gasteiger partial charge in [0.15, 0.2) is 0 Å². The number of nitrogens with zero attached hydrogens (tertiary/aromatic N) is 4. The van der Waals surface area contributed by atoms with Crippen molar-refractivity contribution in [3.63, 3.8) is 0 Å². The highest BCUT2D eigenvalue weighted by Crippen LogP contribution is 2.19. The topological polar surface area (TPSA) is 62.5 Å². The number of imidazole rings is 1. The molecule has 4 aromatic rings. The summed E-state index contributed by atoms with van der Waals surface area (Å²) in [6.45, 7) is 8.83. The Hall–Kier alpha value is -3.93. The number of nitrogens with one attached hydrogen (secondary N) is 1. The molecule has 0 aliphatic rings. The van der Waals surface area contributed by atoms with Crippen molar-refractivity contribution in [1.82, 2.24) is 15.0 Å². The van der Waals surface area contributed by atoms with Crippen LogP contribution < -0.4 is 10.3 Å². The summed E-state index contributed by atoms with van der Waals surface area (Å²) >= 11 is 0. The van der Waals surface area contributed by atoms with E-state index in [4.69, 9.17) is 0 Å². The van der Waals surface area contributed by atoms with Gasteiger partial charge in [0.2, 0.25) is 0 Å². The molecule has 0 atom stereocenters. The number of amides is 1. The highest BCUT2D eigenvalue weighted by molar-refractivity contribution is 5.98. The summed E-state index contributed by atoms with van der Waals surface area (Å²) in [4.78, 5) is 19.4. The molecule has 0 radical (unpaired) electrons. The Kier molecular flexibility index (Phi) is 6.83. The Morgan fingerprint density at radius 2 is 1.82 bits per heavy atom. The minimum Gasteiger partial charge on any atom is -0.367 e. The Morgan fingerprint density at radius 1 is 1.06 bits per heavy atom. The van der Waals surface area contributed by atoms with Crippen molar-refractivity contribution in [2.45, 2.75) is 33.9 Å². The molecule has 168 valence electrons. The summed E-state index contributed by atoms with van der Waals surface area (Å²) in [6, 6.07) is 24.2. The standard InChI is InChI=1S/C27H29N5O/c1-4-31(19-22-9-7-6-8-10-22)24-14-11-21(12-15-24)18-28-30-27(33)23-13-16-26-25(17-23)29-20(3)32(26)5-2/h6-18H,4-5,19H2,1-3H3,(H,30,33). The average molecular weight is 440 g/mol. The van der Waals surface area contributed by atoms with Crippen LogP contribution >= 0.6 is 0 Å². The third kappa shape index (κ3) is 5.12. The van der Waals surface area contributed by atoms with E-state index in [1.807, 2.05) is 31.2 Å². The van der Waals surface area contributed by atoms with Crippen LogP contribution in [-0.4, -0.2) is 28.2 Å². The van der Waals surface area contributed by atoms with Gasteiger partial charge >= 0.3 is 0 Å². The van der Waals surface area contributed by atoms with Crippen LogP contribution in [0, 0.1) is 6.92 Å². The van der Waals surface area contributed by atoms with Crippen molar-refractivity contribution in [3.05, 3.63) is 95.3 Å². The van der Waals surface area contributed by atoms with E-state index in [2.05, 4.69) is 75.2 Å². The largest absolute Gasteiger partial charge is 0.367 e. The average Bonchev–Trinajstić information content (AvgIpc) is 3.17. The smallest absolute Gasteiger partial charge is 0.271 e. The molecule has 6 heteroatoms. The summed E-state index contributed by atoms with van der Waals surface area (Å²) < 4.78 is 2.12. The van der Waals surface area contributed by atoms with Gasteiger partial charge in [-0.3, -0.25) is 4.79 Å². The van der Waals surface area contributed by atoms with Crippen molar-refractivity contribution in [3.8, 4) is 0 Å². The number of aryl methyl sites for hydroxylation is 2. The molecule has 0 aliphatic carbocycles. The van der Waals surface area contributed by atoms with E-state index in [1.54, 1.807) is 18.3 Å². The molecule has 0 bridgehead atoms. The third-order valence-electron chi connectivity index (χ3n) is 5.75. The molecule has 0 saturated heterocycles. The molecule has 4 rings (SSSR count). The van der Waals surface area contributed by atoms with E-state index in [9.17, 15) is 4.79 Å². The summed E-state index contributed by atoms with van der Waals surface area (Å²) in [7, 11) is 0. The number of benzene rings is 3. The molecular formula is C27H29N5O.